The van der Waals surface area contributed by atoms with Crippen LogP contribution in [0, 0.1) is 0 Å². The summed E-state index contributed by atoms with van der Waals surface area (Å²) in [6.45, 7) is 4.33. The number of esters is 2. The number of hydrogen-bond donors (Lipinski definition) is 1. The van der Waals surface area contributed by atoms with Crippen LogP contribution in [0.4, 0.5) is 0 Å². The molecule has 0 radical (unpaired) electrons. The summed E-state index contributed by atoms with van der Waals surface area (Å²) in [5, 5.41) is 0. The molecule has 0 rings (SSSR count). The molecular formula is C46H85NO8P+. The van der Waals surface area contributed by atoms with Gasteiger partial charge >= 0.3 is 19.8 Å². The van der Waals surface area contributed by atoms with Gasteiger partial charge in [0.2, 0.25) is 0 Å². The van der Waals surface area contributed by atoms with Crippen LogP contribution in [0.2, 0.25) is 0 Å². The molecule has 1 unspecified atom stereocenters. The minimum Gasteiger partial charge on any atom is -0.462 e. The lowest BCUT2D eigenvalue weighted by molar-refractivity contribution is -0.870. The Bertz CT molecular complexity index is 1100. The van der Waals surface area contributed by atoms with Crippen molar-refractivity contribution in [2.45, 2.75) is 187 Å². The molecule has 0 bridgehead atoms. The fourth-order valence-electron chi connectivity index (χ4n) is 5.79. The van der Waals surface area contributed by atoms with Gasteiger partial charge in [-0.2, -0.15) is 0 Å². The second-order valence-corrected chi connectivity index (χ2v) is 17.5. The van der Waals surface area contributed by atoms with E-state index in [9.17, 15) is 19.0 Å². The van der Waals surface area contributed by atoms with Crippen LogP contribution in [0.3, 0.4) is 0 Å². The van der Waals surface area contributed by atoms with E-state index in [0.29, 0.717) is 23.9 Å². The monoisotopic (exact) mass is 811 g/mol. The van der Waals surface area contributed by atoms with Gasteiger partial charge in [-0.1, -0.05) is 146 Å². The SMILES string of the molecule is CCCCCCCC/C=C/C/C=C/CCCCC(=O)OC[C@H](COP(=O)(O)OCC[N+](C)(C)C)OC(=O)CCC/C=C/C/C=C/CCCCCCCCCCC. The van der Waals surface area contributed by atoms with E-state index in [0.717, 1.165) is 44.9 Å². The average Bonchev–Trinajstić information content (AvgIpc) is 3.15. The van der Waals surface area contributed by atoms with E-state index in [-0.39, 0.29) is 26.1 Å². The molecule has 0 saturated carbocycles. The third-order valence-corrected chi connectivity index (χ3v) is 10.3. The third-order valence-electron chi connectivity index (χ3n) is 9.33. The molecule has 0 saturated heterocycles. The van der Waals surface area contributed by atoms with Crippen LogP contribution in [0.15, 0.2) is 48.6 Å². The molecule has 0 spiro atoms. The molecule has 10 heteroatoms. The molecule has 9 nitrogen and oxygen atoms in total. The van der Waals surface area contributed by atoms with Crippen LogP contribution < -0.4 is 0 Å². The summed E-state index contributed by atoms with van der Waals surface area (Å²) in [6.07, 6.45) is 44.6. The molecule has 0 aliphatic rings. The molecule has 0 aromatic heterocycles. The third kappa shape index (κ3) is 41.6. The molecule has 0 aromatic rings. The van der Waals surface area contributed by atoms with Gasteiger partial charge in [0.05, 0.1) is 27.7 Å². The molecule has 56 heavy (non-hydrogen) atoms. The maximum Gasteiger partial charge on any atom is 0.472 e. The number of allylic oxidation sites excluding steroid dienone is 8. The first-order valence-corrected chi connectivity index (χ1v) is 23.9. The van der Waals surface area contributed by atoms with Crippen molar-refractivity contribution in [2.24, 2.45) is 0 Å². The lowest BCUT2D eigenvalue weighted by Crippen LogP contribution is -2.37. The van der Waals surface area contributed by atoms with Gasteiger partial charge in [-0.15, -0.1) is 0 Å². The smallest absolute Gasteiger partial charge is 0.462 e. The van der Waals surface area contributed by atoms with E-state index in [1.165, 1.54) is 96.3 Å². The standard InChI is InChI=1S/C46H84NO8P/c1-6-8-10-12-14-16-18-20-22-23-25-27-29-31-33-35-37-39-46(49)55-44(43-54-56(50,51)53-41-40-47(3,4)5)42-52-45(48)38-36-34-32-30-28-26-24-21-19-17-15-13-11-9-7-2/h21,24-25,27-28,30-31,33,44H,6-20,22-23,26,29,32,34-43H2,1-5H3/p+1/b24-21+,27-25+,30-28+,33-31+/t44-/m1/s1. The van der Waals surface area contributed by atoms with Crippen molar-refractivity contribution < 1.29 is 42.1 Å². The van der Waals surface area contributed by atoms with Crippen molar-refractivity contribution >= 4 is 19.8 Å². The second kappa shape index (κ2) is 38.5. The van der Waals surface area contributed by atoms with Gasteiger partial charge in [0, 0.05) is 12.8 Å². The molecular weight excluding hydrogens is 725 g/mol. The number of carbonyl (C=O) groups excluding carboxylic acids is 2. The summed E-state index contributed by atoms with van der Waals surface area (Å²) in [6, 6.07) is 0. The Balaban J connectivity index is 4.47. The predicted octanol–water partition coefficient (Wildman–Crippen LogP) is 12.7. The number of likely N-dealkylation sites (N-methyl/N-ethyl adjacent to an activating group) is 1. The van der Waals surface area contributed by atoms with Gasteiger partial charge < -0.3 is 18.9 Å². The highest BCUT2D eigenvalue weighted by atomic mass is 31.2. The summed E-state index contributed by atoms with van der Waals surface area (Å²) in [4.78, 5) is 35.3. The van der Waals surface area contributed by atoms with Crippen LogP contribution in [0.5, 0.6) is 0 Å². The topological polar surface area (TPSA) is 108 Å². The van der Waals surface area contributed by atoms with Gasteiger partial charge in [-0.05, 0) is 70.6 Å². The van der Waals surface area contributed by atoms with Crippen LogP contribution >= 0.6 is 7.82 Å². The molecule has 0 fully saturated rings. The lowest BCUT2D eigenvalue weighted by atomic mass is 10.1. The first-order valence-electron chi connectivity index (χ1n) is 22.4. The number of quaternary nitrogens is 1. The summed E-state index contributed by atoms with van der Waals surface area (Å²) in [5.41, 5.74) is 0. The zero-order chi connectivity index (χ0) is 41.4. The summed E-state index contributed by atoms with van der Waals surface area (Å²) < 4.78 is 34.2. The maximum atomic E-state index is 12.7. The molecule has 0 aliphatic heterocycles. The van der Waals surface area contributed by atoms with Gasteiger partial charge in [0.1, 0.15) is 19.8 Å². The highest BCUT2D eigenvalue weighted by Crippen LogP contribution is 2.43. The van der Waals surface area contributed by atoms with E-state index < -0.39 is 32.5 Å². The van der Waals surface area contributed by atoms with E-state index in [1.54, 1.807) is 0 Å². The van der Waals surface area contributed by atoms with Crippen molar-refractivity contribution in [3.8, 4) is 0 Å². The summed E-state index contributed by atoms with van der Waals surface area (Å²) in [5.74, 6) is -0.891. The van der Waals surface area contributed by atoms with Crippen molar-refractivity contribution in [1.82, 2.24) is 0 Å². The quantitative estimate of drug-likeness (QED) is 0.0214. The predicted molar refractivity (Wildman–Crippen MR) is 233 cm³/mol. The van der Waals surface area contributed by atoms with Gasteiger partial charge in [-0.25, -0.2) is 4.57 Å². The highest BCUT2D eigenvalue weighted by Gasteiger charge is 2.27. The second-order valence-electron chi connectivity index (χ2n) is 16.1. The van der Waals surface area contributed by atoms with Crippen LogP contribution in [-0.2, 0) is 32.7 Å². The minimum absolute atomic E-state index is 0.0183. The first kappa shape index (κ1) is 54.0. The van der Waals surface area contributed by atoms with E-state index in [4.69, 9.17) is 18.5 Å². The van der Waals surface area contributed by atoms with E-state index in [2.05, 4.69) is 62.5 Å². The Kier molecular flexibility index (Phi) is 37.1. The zero-order valence-electron chi connectivity index (χ0n) is 36.6. The Labute approximate surface area is 343 Å². The van der Waals surface area contributed by atoms with Crippen LogP contribution in [0.25, 0.3) is 0 Å². The summed E-state index contributed by atoms with van der Waals surface area (Å²) in [7, 11) is 1.43. The molecule has 326 valence electrons. The first-order chi connectivity index (χ1) is 27.0. The Morgan fingerprint density at radius 2 is 0.982 bits per heavy atom. The molecule has 1 N–H and O–H groups in total. The van der Waals surface area contributed by atoms with Crippen molar-refractivity contribution in [1.29, 1.82) is 0 Å². The Morgan fingerprint density at radius 1 is 0.554 bits per heavy atom. The van der Waals surface area contributed by atoms with E-state index >= 15 is 0 Å². The average molecular weight is 811 g/mol. The van der Waals surface area contributed by atoms with Gasteiger partial charge in [0.25, 0.3) is 0 Å². The lowest BCUT2D eigenvalue weighted by Gasteiger charge is -2.24. The molecule has 0 aliphatic carbocycles. The highest BCUT2D eigenvalue weighted by molar-refractivity contribution is 7.47. The number of hydrogen-bond acceptors (Lipinski definition) is 7. The molecule has 0 heterocycles. The van der Waals surface area contributed by atoms with Crippen molar-refractivity contribution in [2.75, 3.05) is 47.5 Å². The van der Waals surface area contributed by atoms with Crippen LogP contribution in [-0.4, -0.2) is 74.9 Å². The molecule has 0 aromatic carbocycles. The minimum atomic E-state index is -4.39. The number of rotatable bonds is 40. The maximum absolute atomic E-state index is 12.7. The number of ether oxygens (including phenoxy) is 2. The Morgan fingerprint density at radius 3 is 1.46 bits per heavy atom. The molecule has 2 atom stereocenters. The summed E-state index contributed by atoms with van der Waals surface area (Å²) >= 11 is 0. The normalized spacial score (nSPS) is 14.0. The van der Waals surface area contributed by atoms with Crippen molar-refractivity contribution in [3.05, 3.63) is 48.6 Å². The van der Waals surface area contributed by atoms with Gasteiger partial charge in [0.15, 0.2) is 6.10 Å². The van der Waals surface area contributed by atoms with Crippen LogP contribution in [0.1, 0.15) is 181 Å². The fraction of sp³-hybridized carbons (Fsp3) is 0.783. The molecule has 0 amide bonds. The Hall–Kier alpha value is -2.03. The number of unbranched alkanes of at least 4 members (excludes halogenated alkanes) is 18. The number of phosphoric acid groups is 1. The fourth-order valence-corrected chi connectivity index (χ4v) is 6.53. The number of nitrogens with zero attached hydrogens (tertiary/aromatic N) is 1. The van der Waals surface area contributed by atoms with Gasteiger partial charge in [-0.3, -0.25) is 18.6 Å². The largest absolute Gasteiger partial charge is 0.472 e. The van der Waals surface area contributed by atoms with Crippen molar-refractivity contribution in [3.63, 3.8) is 0 Å². The number of phosphoric ester groups is 1. The van der Waals surface area contributed by atoms with E-state index in [1.807, 2.05) is 21.1 Å². The zero-order valence-corrected chi connectivity index (χ0v) is 37.5. The number of carbonyl (C=O) groups is 2.